The summed E-state index contributed by atoms with van der Waals surface area (Å²) in [6, 6.07) is 5.52. The van der Waals surface area contributed by atoms with Crippen molar-refractivity contribution in [2.24, 2.45) is 0 Å². The van der Waals surface area contributed by atoms with Crippen molar-refractivity contribution >= 4 is 39.3 Å². The number of hydrogen-bond acceptors (Lipinski definition) is 4. The van der Waals surface area contributed by atoms with Gasteiger partial charge in [-0.2, -0.15) is 0 Å². The summed E-state index contributed by atoms with van der Waals surface area (Å²) >= 11 is 4.55. The van der Waals surface area contributed by atoms with Gasteiger partial charge in [-0.25, -0.2) is 0 Å². The molecule has 0 saturated carbocycles. The maximum absolute atomic E-state index is 11.7. The lowest BCUT2D eigenvalue weighted by Crippen LogP contribution is -2.19. The van der Waals surface area contributed by atoms with Gasteiger partial charge in [0.2, 0.25) is 0 Å². The second-order valence-electron chi connectivity index (χ2n) is 3.26. The standard InChI is InChI=1S/C11H10BrNO3S/c1-2-16-11(15)9-10(14)13-7-4-3-6(12)5-8(7)17-9/h3-5,15H,2H2,1H3,(H,13,14). The second kappa shape index (κ2) is 5.01. The fourth-order valence-corrected chi connectivity index (χ4v) is 2.80. The predicted molar refractivity (Wildman–Crippen MR) is 69.9 cm³/mol. The molecule has 4 nitrogen and oxygen atoms in total. The van der Waals surface area contributed by atoms with Gasteiger partial charge in [-0.1, -0.05) is 27.7 Å². The molecule has 0 radical (unpaired) electrons. The Morgan fingerprint density at radius 3 is 3.06 bits per heavy atom. The minimum absolute atomic E-state index is 0.178. The Balaban J connectivity index is 2.38. The summed E-state index contributed by atoms with van der Waals surface area (Å²) in [5.74, 6) is -0.684. The third kappa shape index (κ3) is 2.58. The molecule has 1 amide bonds. The fourth-order valence-electron chi connectivity index (χ4n) is 1.36. The molecule has 1 aliphatic heterocycles. The van der Waals surface area contributed by atoms with Crippen LogP contribution in [-0.4, -0.2) is 17.6 Å². The van der Waals surface area contributed by atoms with Crippen LogP contribution in [0, 0.1) is 0 Å². The lowest BCUT2D eigenvalue weighted by Gasteiger charge is -2.19. The SMILES string of the molecule is CCOC(O)=C1Sc2cc(Br)ccc2NC1=O. The van der Waals surface area contributed by atoms with E-state index >= 15 is 0 Å². The van der Waals surface area contributed by atoms with Crippen molar-refractivity contribution in [1.82, 2.24) is 0 Å². The molecule has 1 aromatic rings. The van der Waals surface area contributed by atoms with Gasteiger partial charge in [-0.05, 0) is 25.1 Å². The van der Waals surface area contributed by atoms with Crippen LogP contribution in [0.5, 0.6) is 0 Å². The van der Waals surface area contributed by atoms with Crippen LogP contribution in [0.15, 0.2) is 38.4 Å². The third-order valence-corrected chi connectivity index (χ3v) is 3.70. The van der Waals surface area contributed by atoms with E-state index in [0.29, 0.717) is 6.61 Å². The molecule has 0 aromatic heterocycles. The number of aliphatic hydroxyl groups excluding tert-OH is 1. The zero-order valence-electron chi connectivity index (χ0n) is 8.99. The van der Waals surface area contributed by atoms with Crippen LogP contribution in [0.25, 0.3) is 0 Å². The van der Waals surface area contributed by atoms with Crippen molar-refractivity contribution in [2.75, 3.05) is 11.9 Å². The van der Waals surface area contributed by atoms with Gasteiger partial charge in [-0.3, -0.25) is 4.79 Å². The number of hydrogen-bond donors (Lipinski definition) is 2. The molecule has 17 heavy (non-hydrogen) atoms. The smallest absolute Gasteiger partial charge is 0.297 e. The van der Waals surface area contributed by atoms with E-state index in [1.165, 1.54) is 11.8 Å². The molecule has 1 aliphatic rings. The van der Waals surface area contributed by atoms with Crippen LogP contribution >= 0.6 is 27.7 Å². The topological polar surface area (TPSA) is 58.6 Å². The van der Waals surface area contributed by atoms with E-state index in [1.807, 2.05) is 12.1 Å². The Kier molecular flexibility index (Phi) is 3.63. The van der Waals surface area contributed by atoms with E-state index in [4.69, 9.17) is 4.74 Å². The van der Waals surface area contributed by atoms with Crippen LogP contribution in [0.1, 0.15) is 6.92 Å². The molecule has 0 fully saturated rings. The van der Waals surface area contributed by atoms with Crippen molar-refractivity contribution in [3.05, 3.63) is 33.5 Å². The van der Waals surface area contributed by atoms with Gasteiger partial charge >= 0.3 is 0 Å². The Bertz CT molecular complexity index is 501. The number of benzene rings is 1. The number of rotatable bonds is 2. The summed E-state index contributed by atoms with van der Waals surface area (Å²) in [7, 11) is 0. The van der Waals surface area contributed by atoms with E-state index in [2.05, 4.69) is 21.2 Å². The van der Waals surface area contributed by atoms with E-state index in [1.54, 1.807) is 13.0 Å². The first-order valence-electron chi connectivity index (χ1n) is 4.96. The molecule has 1 heterocycles. The van der Waals surface area contributed by atoms with Crippen LogP contribution in [0.2, 0.25) is 0 Å². The average molecular weight is 316 g/mol. The maximum atomic E-state index is 11.7. The lowest BCUT2D eigenvalue weighted by molar-refractivity contribution is -0.112. The summed E-state index contributed by atoms with van der Waals surface area (Å²) in [5.41, 5.74) is 0.733. The van der Waals surface area contributed by atoms with Crippen molar-refractivity contribution in [1.29, 1.82) is 0 Å². The van der Waals surface area contributed by atoms with Crippen LogP contribution in [0.3, 0.4) is 0 Å². The van der Waals surface area contributed by atoms with Gasteiger partial charge in [0.25, 0.3) is 11.9 Å². The maximum Gasteiger partial charge on any atom is 0.297 e. The zero-order valence-corrected chi connectivity index (χ0v) is 11.4. The van der Waals surface area contributed by atoms with Crippen molar-refractivity contribution < 1.29 is 14.6 Å². The summed E-state index contributed by atoms with van der Waals surface area (Å²) in [6.07, 6.45) is 0. The molecule has 0 saturated heterocycles. The zero-order chi connectivity index (χ0) is 12.4. The van der Waals surface area contributed by atoms with E-state index in [9.17, 15) is 9.90 Å². The molecule has 0 bridgehead atoms. The van der Waals surface area contributed by atoms with Gasteiger partial charge < -0.3 is 15.2 Å². The molecule has 0 atom stereocenters. The normalized spacial score (nSPS) is 17.2. The molecular formula is C11H10BrNO3S. The largest absolute Gasteiger partial charge is 0.480 e. The number of halogens is 1. The average Bonchev–Trinajstić information content (AvgIpc) is 2.29. The molecule has 0 aliphatic carbocycles. The quantitative estimate of drug-likeness (QED) is 0.649. The summed E-state index contributed by atoms with van der Waals surface area (Å²) < 4.78 is 5.85. The van der Waals surface area contributed by atoms with Crippen molar-refractivity contribution in [3.63, 3.8) is 0 Å². The molecule has 1 aromatic carbocycles. The van der Waals surface area contributed by atoms with E-state index < -0.39 is 0 Å². The van der Waals surface area contributed by atoms with Crippen molar-refractivity contribution in [3.8, 4) is 0 Å². The number of anilines is 1. The minimum atomic E-state index is -0.351. The van der Waals surface area contributed by atoms with Gasteiger partial charge in [0.05, 0.1) is 12.3 Å². The number of carbonyl (C=O) groups is 1. The molecule has 2 rings (SSSR count). The summed E-state index contributed by atoms with van der Waals surface area (Å²) in [6.45, 7) is 2.06. The fraction of sp³-hybridized carbons (Fsp3) is 0.182. The van der Waals surface area contributed by atoms with E-state index in [-0.39, 0.29) is 16.8 Å². The third-order valence-electron chi connectivity index (χ3n) is 2.09. The van der Waals surface area contributed by atoms with Crippen LogP contribution < -0.4 is 5.32 Å². The number of fused-ring (bicyclic) bond motifs is 1. The number of ether oxygens (including phenoxy) is 1. The number of carbonyl (C=O) groups excluding carboxylic acids is 1. The monoisotopic (exact) mass is 315 g/mol. The Hall–Kier alpha value is -1.14. The second-order valence-corrected chi connectivity index (χ2v) is 5.23. The highest BCUT2D eigenvalue weighted by Crippen LogP contribution is 2.40. The highest BCUT2D eigenvalue weighted by molar-refractivity contribution is 9.10. The van der Waals surface area contributed by atoms with Gasteiger partial charge in [-0.15, -0.1) is 0 Å². The molecular weight excluding hydrogens is 306 g/mol. The number of aliphatic hydroxyl groups is 1. The molecule has 0 spiro atoms. The Labute approximate surface area is 111 Å². The first-order valence-corrected chi connectivity index (χ1v) is 6.57. The predicted octanol–water partition coefficient (Wildman–Crippen LogP) is 3.26. The van der Waals surface area contributed by atoms with Gasteiger partial charge in [0, 0.05) is 9.37 Å². The molecule has 2 N–H and O–H groups in total. The Morgan fingerprint density at radius 1 is 1.59 bits per heavy atom. The van der Waals surface area contributed by atoms with Crippen molar-refractivity contribution in [2.45, 2.75) is 11.8 Å². The minimum Gasteiger partial charge on any atom is -0.480 e. The van der Waals surface area contributed by atoms with Gasteiger partial charge in [0.15, 0.2) is 4.91 Å². The molecule has 90 valence electrons. The lowest BCUT2D eigenvalue weighted by atomic mass is 10.3. The molecule has 6 heteroatoms. The van der Waals surface area contributed by atoms with Gasteiger partial charge in [0.1, 0.15) is 0 Å². The number of amides is 1. The Morgan fingerprint density at radius 2 is 2.35 bits per heavy atom. The van der Waals surface area contributed by atoms with E-state index in [0.717, 1.165) is 15.1 Å². The summed E-state index contributed by atoms with van der Waals surface area (Å²) in [4.78, 5) is 12.8. The highest BCUT2D eigenvalue weighted by Gasteiger charge is 2.25. The van der Waals surface area contributed by atoms with Crippen LogP contribution in [0.4, 0.5) is 5.69 Å². The van der Waals surface area contributed by atoms with Crippen LogP contribution in [-0.2, 0) is 9.53 Å². The summed E-state index contributed by atoms with van der Waals surface area (Å²) in [5, 5.41) is 12.3. The number of thioether (sulfide) groups is 1. The first kappa shape index (κ1) is 12.3. The number of nitrogens with one attached hydrogen (secondary N) is 1. The molecule has 0 unspecified atom stereocenters. The highest BCUT2D eigenvalue weighted by atomic mass is 79.9. The first-order chi connectivity index (χ1) is 8.11.